The molecule has 0 aromatic carbocycles. The largest absolute Gasteiger partial charge is 0.388 e. The third-order valence-corrected chi connectivity index (χ3v) is 4.27. The van der Waals surface area contributed by atoms with Gasteiger partial charge in [0.2, 0.25) is 0 Å². The van der Waals surface area contributed by atoms with Gasteiger partial charge in [0.25, 0.3) is 0 Å². The minimum Gasteiger partial charge on any atom is -0.388 e. The smallest absolute Gasteiger partial charge is 0.132 e. The maximum atomic E-state index is 10.8. The fraction of sp³-hybridized carbons (Fsp3) is 0.667. The Labute approximate surface area is 133 Å². The lowest BCUT2D eigenvalue weighted by molar-refractivity contribution is -0.117. The van der Waals surface area contributed by atoms with Crippen LogP contribution in [0.1, 0.15) is 75.7 Å². The van der Waals surface area contributed by atoms with Crippen molar-refractivity contribution in [3.05, 3.63) is 23.4 Å². The number of rotatable bonds is 9. The zero-order chi connectivity index (χ0) is 15.8. The molecule has 1 aromatic rings. The fourth-order valence-electron chi connectivity index (χ4n) is 2.93. The van der Waals surface area contributed by atoms with Gasteiger partial charge in [0.05, 0.1) is 6.10 Å². The highest BCUT2D eigenvalue weighted by Gasteiger charge is 2.18. The van der Waals surface area contributed by atoms with Crippen LogP contribution in [0.15, 0.2) is 12.1 Å². The van der Waals surface area contributed by atoms with Crippen molar-refractivity contribution in [1.29, 1.82) is 0 Å². The molecule has 0 bridgehead atoms. The molecule has 1 aromatic heterocycles. The van der Waals surface area contributed by atoms with Gasteiger partial charge in [-0.15, -0.1) is 0 Å². The number of carbonyl (C=O) groups excluding carboxylic acids is 1. The number of ketones is 1. The van der Waals surface area contributed by atoms with Crippen molar-refractivity contribution in [3.8, 4) is 0 Å². The van der Waals surface area contributed by atoms with Gasteiger partial charge in [-0.25, -0.2) is 4.98 Å². The van der Waals surface area contributed by atoms with Crippen LogP contribution in [0.4, 0.5) is 5.82 Å². The van der Waals surface area contributed by atoms with E-state index in [1.807, 2.05) is 12.1 Å². The number of fused-ring (bicyclic) bond motifs is 1. The van der Waals surface area contributed by atoms with Gasteiger partial charge in [0.1, 0.15) is 11.6 Å². The Bertz CT molecular complexity index is 488. The minimum absolute atomic E-state index is 0.303. The molecule has 1 atom stereocenters. The van der Waals surface area contributed by atoms with Gasteiger partial charge in [0, 0.05) is 24.2 Å². The van der Waals surface area contributed by atoms with E-state index in [1.165, 1.54) is 25.7 Å². The standard InChI is InChI=1S/C18H28N2O2/c1-14(21)8-6-4-2-3-5-7-9-15-10-11-16-17(22)12-13-19-18(16)20-15/h10-11,17,22H,2-9,12-13H2,1H3,(H,19,20). The van der Waals surface area contributed by atoms with Crippen LogP contribution in [0, 0.1) is 0 Å². The number of aliphatic hydroxyl groups excluding tert-OH is 1. The second kappa shape index (κ2) is 8.89. The van der Waals surface area contributed by atoms with E-state index in [9.17, 15) is 9.90 Å². The van der Waals surface area contributed by atoms with Gasteiger partial charge < -0.3 is 15.2 Å². The number of nitrogens with one attached hydrogen (secondary N) is 1. The van der Waals surface area contributed by atoms with Crippen LogP contribution in [-0.2, 0) is 11.2 Å². The summed E-state index contributed by atoms with van der Waals surface area (Å²) in [6, 6.07) is 4.05. The summed E-state index contributed by atoms with van der Waals surface area (Å²) >= 11 is 0. The molecule has 22 heavy (non-hydrogen) atoms. The molecule has 4 heteroatoms. The van der Waals surface area contributed by atoms with Crippen molar-refractivity contribution in [1.82, 2.24) is 4.98 Å². The van der Waals surface area contributed by atoms with Crippen LogP contribution in [0.5, 0.6) is 0 Å². The lowest BCUT2D eigenvalue weighted by Crippen LogP contribution is -2.18. The quantitative estimate of drug-likeness (QED) is 0.681. The molecule has 0 spiro atoms. The third kappa shape index (κ3) is 5.41. The lowest BCUT2D eigenvalue weighted by Gasteiger charge is -2.22. The molecule has 0 saturated carbocycles. The van der Waals surface area contributed by atoms with Crippen molar-refractivity contribution < 1.29 is 9.90 Å². The summed E-state index contributed by atoms with van der Waals surface area (Å²) < 4.78 is 0. The number of hydrogen-bond acceptors (Lipinski definition) is 4. The van der Waals surface area contributed by atoms with E-state index in [1.54, 1.807) is 6.92 Å². The number of aryl methyl sites for hydroxylation is 1. The first-order chi connectivity index (χ1) is 10.7. The summed E-state index contributed by atoms with van der Waals surface area (Å²) in [6.07, 6.45) is 9.16. The molecule has 4 nitrogen and oxygen atoms in total. The minimum atomic E-state index is -0.368. The van der Waals surface area contributed by atoms with Gasteiger partial charge >= 0.3 is 0 Å². The van der Waals surface area contributed by atoms with E-state index in [0.717, 1.165) is 55.7 Å². The van der Waals surface area contributed by atoms with Crippen molar-refractivity contribution in [2.45, 2.75) is 70.8 Å². The normalized spacial score (nSPS) is 16.9. The number of aliphatic hydroxyl groups is 1. The third-order valence-electron chi connectivity index (χ3n) is 4.27. The Hall–Kier alpha value is -1.42. The topological polar surface area (TPSA) is 62.2 Å². The number of anilines is 1. The Balaban J connectivity index is 1.62. The number of carbonyl (C=O) groups is 1. The first-order valence-corrected chi connectivity index (χ1v) is 8.58. The molecule has 0 fully saturated rings. The van der Waals surface area contributed by atoms with E-state index in [4.69, 9.17) is 0 Å². The number of pyridine rings is 1. The first-order valence-electron chi connectivity index (χ1n) is 8.58. The Kier molecular flexibility index (Phi) is 6.84. The average Bonchev–Trinajstić information content (AvgIpc) is 2.50. The number of hydrogen-bond donors (Lipinski definition) is 2. The summed E-state index contributed by atoms with van der Waals surface area (Å²) in [6.45, 7) is 2.46. The highest BCUT2D eigenvalue weighted by Crippen LogP contribution is 2.28. The predicted molar refractivity (Wildman–Crippen MR) is 89.0 cm³/mol. The van der Waals surface area contributed by atoms with Gasteiger partial charge in [-0.1, -0.05) is 31.7 Å². The molecule has 2 N–H and O–H groups in total. The molecule has 2 rings (SSSR count). The molecule has 1 aliphatic heterocycles. The average molecular weight is 304 g/mol. The zero-order valence-electron chi connectivity index (χ0n) is 13.6. The summed E-state index contributed by atoms with van der Waals surface area (Å²) in [5.41, 5.74) is 2.04. The monoisotopic (exact) mass is 304 g/mol. The Morgan fingerprint density at radius 1 is 1.23 bits per heavy atom. The Morgan fingerprint density at radius 3 is 2.73 bits per heavy atom. The SMILES string of the molecule is CC(=O)CCCCCCCCc1ccc2c(n1)NCCC2O. The zero-order valence-corrected chi connectivity index (χ0v) is 13.6. The van der Waals surface area contributed by atoms with E-state index in [2.05, 4.69) is 10.3 Å². The molecule has 1 aliphatic rings. The van der Waals surface area contributed by atoms with E-state index < -0.39 is 0 Å². The van der Waals surface area contributed by atoms with Crippen molar-refractivity contribution in [2.75, 3.05) is 11.9 Å². The molecule has 0 aliphatic carbocycles. The lowest BCUT2D eigenvalue weighted by atomic mass is 10.0. The van der Waals surface area contributed by atoms with Crippen LogP contribution in [-0.4, -0.2) is 22.4 Å². The maximum Gasteiger partial charge on any atom is 0.132 e. The van der Waals surface area contributed by atoms with Crippen LogP contribution in [0.3, 0.4) is 0 Å². The van der Waals surface area contributed by atoms with Gasteiger partial charge in [-0.3, -0.25) is 0 Å². The molecule has 2 heterocycles. The van der Waals surface area contributed by atoms with Crippen molar-refractivity contribution >= 4 is 11.6 Å². The van der Waals surface area contributed by atoms with Crippen LogP contribution < -0.4 is 5.32 Å². The summed E-state index contributed by atoms with van der Waals surface area (Å²) in [5, 5.41) is 13.2. The molecule has 122 valence electrons. The van der Waals surface area contributed by atoms with Crippen LogP contribution in [0.25, 0.3) is 0 Å². The maximum absolute atomic E-state index is 10.8. The molecular weight excluding hydrogens is 276 g/mol. The van der Waals surface area contributed by atoms with Crippen molar-refractivity contribution in [3.63, 3.8) is 0 Å². The number of unbranched alkanes of at least 4 members (excludes halogenated alkanes) is 5. The summed E-state index contributed by atoms with van der Waals surface area (Å²) in [5.74, 6) is 1.16. The van der Waals surface area contributed by atoms with Gasteiger partial charge in [-0.2, -0.15) is 0 Å². The fourth-order valence-corrected chi connectivity index (χ4v) is 2.93. The molecule has 0 amide bonds. The summed E-state index contributed by atoms with van der Waals surface area (Å²) in [4.78, 5) is 15.5. The number of aromatic nitrogens is 1. The number of nitrogens with zero attached hydrogens (tertiary/aromatic N) is 1. The number of Topliss-reactive ketones (excluding diaryl/α,β-unsaturated/α-hetero) is 1. The van der Waals surface area contributed by atoms with E-state index >= 15 is 0 Å². The highest BCUT2D eigenvalue weighted by molar-refractivity contribution is 5.75. The van der Waals surface area contributed by atoms with Gasteiger partial charge in [0.15, 0.2) is 0 Å². The summed E-state index contributed by atoms with van der Waals surface area (Å²) in [7, 11) is 0. The van der Waals surface area contributed by atoms with E-state index in [-0.39, 0.29) is 6.10 Å². The highest BCUT2D eigenvalue weighted by atomic mass is 16.3. The predicted octanol–water partition coefficient (Wildman–Crippen LogP) is 3.79. The molecule has 1 unspecified atom stereocenters. The van der Waals surface area contributed by atoms with Gasteiger partial charge in [-0.05, 0) is 38.7 Å². The second-order valence-electron chi connectivity index (χ2n) is 6.30. The Morgan fingerprint density at radius 2 is 1.95 bits per heavy atom. The second-order valence-corrected chi connectivity index (χ2v) is 6.30. The van der Waals surface area contributed by atoms with Crippen LogP contribution in [0.2, 0.25) is 0 Å². The molecule has 0 radical (unpaired) electrons. The molecule has 0 saturated heterocycles. The van der Waals surface area contributed by atoms with Crippen molar-refractivity contribution in [2.24, 2.45) is 0 Å². The molecular formula is C18H28N2O2. The van der Waals surface area contributed by atoms with Crippen LogP contribution >= 0.6 is 0 Å². The van der Waals surface area contributed by atoms with E-state index in [0.29, 0.717) is 5.78 Å². The first kappa shape index (κ1) is 16.9.